The van der Waals surface area contributed by atoms with Crippen LogP contribution in [-0.4, -0.2) is 33.6 Å². The number of aliphatic hydroxyl groups is 1. The molecule has 2 aromatic carbocycles. The highest BCUT2D eigenvalue weighted by Crippen LogP contribution is 2.73. The number of nitrogens with zero attached hydrogens (tertiary/aromatic N) is 1. The van der Waals surface area contributed by atoms with Gasteiger partial charge in [0.15, 0.2) is 11.2 Å². The van der Waals surface area contributed by atoms with E-state index in [2.05, 4.69) is 23.7 Å². The summed E-state index contributed by atoms with van der Waals surface area (Å²) in [5.74, 6) is 12.4. The molecule has 0 aromatic heterocycles. The van der Waals surface area contributed by atoms with Gasteiger partial charge in [-0.2, -0.15) is 0 Å². The van der Waals surface area contributed by atoms with Gasteiger partial charge in [-0.3, -0.25) is 4.90 Å². The molecule has 6 heteroatoms. The number of hydrogen-bond acceptors (Lipinski definition) is 5. The molecule has 1 saturated heterocycles. The number of carbonyl (C=O) groups excluding carboxylic acids is 1. The Hall–Kier alpha value is -3.71. The van der Waals surface area contributed by atoms with Crippen molar-refractivity contribution >= 4 is 11.8 Å². The van der Waals surface area contributed by atoms with Crippen molar-refractivity contribution < 1.29 is 24.5 Å². The quantitative estimate of drug-likeness (QED) is 0.542. The molecular weight excluding hydrogens is 406 g/mol. The second-order valence-electron chi connectivity index (χ2n) is 8.43. The van der Waals surface area contributed by atoms with E-state index in [1.165, 1.54) is 11.0 Å². The Balaban J connectivity index is 1.58. The van der Waals surface area contributed by atoms with E-state index in [1.54, 1.807) is 48.6 Å². The number of hydrogen-bond donors (Lipinski definition) is 2. The zero-order valence-corrected chi connectivity index (χ0v) is 17.0. The van der Waals surface area contributed by atoms with Gasteiger partial charge in [0.1, 0.15) is 23.1 Å². The van der Waals surface area contributed by atoms with Gasteiger partial charge in [-0.15, -0.1) is 0 Å². The SMILES string of the molecule is O=C(Oc1ccccc1)N1c2ccc(O)cc2[C@@]23O[C@]24CCC[C@]3(O)C#C/C=C\C#C[C@H]14. The van der Waals surface area contributed by atoms with Crippen molar-refractivity contribution in [3.63, 3.8) is 0 Å². The normalized spacial score (nSPS) is 33.8. The fraction of sp³-hybridized carbons (Fsp3) is 0.269. The molecule has 2 aliphatic carbocycles. The van der Waals surface area contributed by atoms with Gasteiger partial charge < -0.3 is 19.7 Å². The van der Waals surface area contributed by atoms with Crippen LogP contribution >= 0.6 is 0 Å². The molecule has 0 radical (unpaired) electrons. The van der Waals surface area contributed by atoms with Gasteiger partial charge in [-0.1, -0.05) is 41.9 Å². The molecular formula is C26H19NO5. The molecule has 2 heterocycles. The number of epoxide rings is 1. The first-order valence-corrected chi connectivity index (χ1v) is 10.5. The lowest BCUT2D eigenvalue weighted by molar-refractivity contribution is -0.00519. The summed E-state index contributed by atoms with van der Waals surface area (Å²) in [7, 11) is 0. The Morgan fingerprint density at radius 1 is 1.12 bits per heavy atom. The zero-order chi connectivity index (χ0) is 22.0. The number of benzene rings is 2. The smallest absolute Gasteiger partial charge is 0.420 e. The maximum absolute atomic E-state index is 13.5. The Morgan fingerprint density at radius 3 is 2.78 bits per heavy atom. The van der Waals surface area contributed by atoms with Gasteiger partial charge >= 0.3 is 6.09 Å². The molecule has 4 atom stereocenters. The summed E-state index contributed by atoms with van der Waals surface area (Å²) in [6.07, 6.45) is 4.23. The van der Waals surface area contributed by atoms with Crippen LogP contribution in [0.15, 0.2) is 60.7 Å². The van der Waals surface area contributed by atoms with Crippen LogP contribution in [0.4, 0.5) is 10.5 Å². The highest BCUT2D eigenvalue weighted by Gasteiger charge is 2.86. The number of amides is 1. The second kappa shape index (κ2) is 6.40. The minimum Gasteiger partial charge on any atom is -0.508 e. The summed E-state index contributed by atoms with van der Waals surface area (Å²) in [4.78, 5) is 15.0. The van der Waals surface area contributed by atoms with Gasteiger partial charge in [0, 0.05) is 5.56 Å². The minimum atomic E-state index is -1.48. The topological polar surface area (TPSA) is 82.5 Å². The molecule has 0 unspecified atom stereocenters. The van der Waals surface area contributed by atoms with Gasteiger partial charge in [0.05, 0.1) is 5.69 Å². The van der Waals surface area contributed by atoms with Crippen molar-refractivity contribution in [2.24, 2.45) is 0 Å². The Bertz CT molecular complexity index is 1300. The van der Waals surface area contributed by atoms with Crippen molar-refractivity contribution in [3.8, 4) is 35.2 Å². The summed E-state index contributed by atoms with van der Waals surface area (Å²) in [5.41, 5.74) is -2.63. The summed E-state index contributed by atoms with van der Waals surface area (Å²) in [6.45, 7) is 0. The first-order valence-electron chi connectivity index (χ1n) is 10.5. The van der Waals surface area contributed by atoms with E-state index >= 15 is 0 Å². The van der Waals surface area contributed by atoms with E-state index in [0.29, 0.717) is 36.3 Å². The lowest BCUT2D eigenvalue weighted by Crippen LogP contribution is -2.62. The van der Waals surface area contributed by atoms with E-state index in [0.717, 1.165) is 0 Å². The van der Waals surface area contributed by atoms with Crippen molar-refractivity contribution in [1.29, 1.82) is 0 Å². The fourth-order valence-electron chi connectivity index (χ4n) is 5.49. The summed E-state index contributed by atoms with van der Waals surface area (Å²) < 4.78 is 12.1. The van der Waals surface area contributed by atoms with Crippen LogP contribution in [0, 0.1) is 23.7 Å². The van der Waals surface area contributed by atoms with Crippen LogP contribution in [-0.2, 0) is 10.3 Å². The van der Waals surface area contributed by atoms with E-state index in [-0.39, 0.29) is 5.75 Å². The van der Waals surface area contributed by atoms with Crippen molar-refractivity contribution in [3.05, 3.63) is 66.2 Å². The molecule has 4 bridgehead atoms. The number of allylic oxidation sites excluding steroid dienone is 2. The van der Waals surface area contributed by atoms with E-state index in [4.69, 9.17) is 9.47 Å². The lowest BCUT2D eigenvalue weighted by atomic mass is 9.61. The molecule has 1 amide bonds. The number of ether oxygens (including phenoxy) is 2. The number of phenolic OH excluding ortho intramolecular Hbond substituents is 1. The predicted octanol–water partition coefficient (Wildman–Crippen LogP) is 3.24. The molecule has 6 rings (SSSR count). The number of fused-ring (bicyclic) bond motifs is 1. The third-order valence-corrected chi connectivity index (χ3v) is 6.77. The maximum atomic E-state index is 13.5. The third kappa shape index (κ3) is 2.31. The second-order valence-corrected chi connectivity index (χ2v) is 8.43. The summed E-state index contributed by atoms with van der Waals surface area (Å²) in [5, 5.41) is 22.0. The minimum absolute atomic E-state index is 0.0105. The first kappa shape index (κ1) is 19.0. The molecule has 1 saturated carbocycles. The molecule has 158 valence electrons. The van der Waals surface area contributed by atoms with Crippen molar-refractivity contribution in [1.82, 2.24) is 0 Å². The maximum Gasteiger partial charge on any atom is 0.420 e. The van der Waals surface area contributed by atoms with Crippen molar-refractivity contribution in [2.45, 2.75) is 42.1 Å². The van der Waals surface area contributed by atoms with Crippen LogP contribution in [0.5, 0.6) is 11.5 Å². The molecule has 0 spiro atoms. The monoisotopic (exact) mass is 425 g/mol. The Kier molecular flexibility index (Phi) is 3.80. The largest absolute Gasteiger partial charge is 0.508 e. The number of aromatic hydroxyl groups is 1. The number of anilines is 1. The van der Waals surface area contributed by atoms with Gasteiger partial charge in [-0.05, 0) is 61.7 Å². The molecule has 2 aliphatic heterocycles. The first-order chi connectivity index (χ1) is 15.5. The molecule has 2 aromatic rings. The highest BCUT2D eigenvalue weighted by molar-refractivity contribution is 5.94. The molecule has 2 N–H and O–H groups in total. The van der Waals surface area contributed by atoms with E-state index in [9.17, 15) is 15.0 Å². The molecule has 32 heavy (non-hydrogen) atoms. The average Bonchev–Trinajstić information content (AvgIpc) is 3.50. The molecule has 2 fully saturated rings. The predicted molar refractivity (Wildman–Crippen MR) is 116 cm³/mol. The van der Waals surface area contributed by atoms with E-state index in [1.807, 2.05) is 6.07 Å². The van der Waals surface area contributed by atoms with Crippen LogP contribution < -0.4 is 9.64 Å². The summed E-state index contributed by atoms with van der Waals surface area (Å²) in [6, 6.07) is 12.8. The zero-order valence-electron chi connectivity index (χ0n) is 17.0. The van der Waals surface area contributed by atoms with Gasteiger partial charge in [-0.25, -0.2) is 4.79 Å². The van der Waals surface area contributed by atoms with Crippen LogP contribution in [0.2, 0.25) is 0 Å². The molecule has 4 aliphatic rings. The lowest BCUT2D eigenvalue weighted by Gasteiger charge is -2.46. The third-order valence-electron chi connectivity index (χ3n) is 6.77. The Labute approximate surface area is 185 Å². The number of phenols is 1. The number of carbonyl (C=O) groups is 1. The van der Waals surface area contributed by atoms with Gasteiger partial charge in [0.25, 0.3) is 0 Å². The summed E-state index contributed by atoms with van der Waals surface area (Å²) >= 11 is 0. The standard InChI is InChI=1S/C26H19NO5/c28-18-12-13-21-20(17-18)26-24(30)14-7-2-1-6-11-22(25(26,32-26)16-8-15-24)27(21)23(29)31-19-9-4-3-5-10-19/h1-5,9-10,12-13,17,22,28,30H,8,15-16H2/b2-1-/t22-,24+,25-,26-/m0/s1. The van der Waals surface area contributed by atoms with Crippen LogP contribution in [0.25, 0.3) is 0 Å². The average molecular weight is 425 g/mol. The van der Waals surface area contributed by atoms with Gasteiger partial charge in [0.2, 0.25) is 0 Å². The van der Waals surface area contributed by atoms with E-state index < -0.39 is 28.9 Å². The van der Waals surface area contributed by atoms with Crippen LogP contribution in [0.1, 0.15) is 24.8 Å². The Morgan fingerprint density at radius 2 is 1.94 bits per heavy atom. The highest BCUT2D eigenvalue weighted by atomic mass is 16.7. The molecule has 6 nitrogen and oxygen atoms in total. The number of para-hydroxylation sites is 1. The number of rotatable bonds is 1. The fourth-order valence-corrected chi connectivity index (χ4v) is 5.49. The van der Waals surface area contributed by atoms with Crippen molar-refractivity contribution in [2.75, 3.05) is 4.90 Å². The van der Waals surface area contributed by atoms with Crippen LogP contribution in [0.3, 0.4) is 0 Å².